The summed E-state index contributed by atoms with van der Waals surface area (Å²) in [5.41, 5.74) is 8.48. The Bertz CT molecular complexity index is 1050. The summed E-state index contributed by atoms with van der Waals surface area (Å²) in [6.45, 7) is 0. The highest BCUT2D eigenvalue weighted by atomic mass is 32.1. The number of aromatic hydroxyl groups is 1. The molecule has 130 valence electrons. The topological polar surface area (TPSA) is 117 Å². The number of aromatic amines is 1. The molecule has 0 amide bonds. The van der Waals surface area contributed by atoms with Crippen molar-refractivity contribution in [1.82, 2.24) is 10.2 Å². The van der Waals surface area contributed by atoms with E-state index in [4.69, 9.17) is 15.2 Å². The highest BCUT2D eigenvalue weighted by Gasteiger charge is 2.36. The normalized spacial score (nSPS) is 15.9. The molecule has 7 nitrogen and oxygen atoms in total. The number of methoxy groups -OCH3 is 1. The zero-order valence-electron chi connectivity index (χ0n) is 13.7. The monoisotopic (exact) mass is 366 g/mol. The molecule has 0 spiro atoms. The van der Waals surface area contributed by atoms with E-state index in [2.05, 4.69) is 16.3 Å². The average Bonchev–Trinajstić information content (AvgIpc) is 3.30. The van der Waals surface area contributed by atoms with E-state index in [-0.39, 0.29) is 17.2 Å². The van der Waals surface area contributed by atoms with Gasteiger partial charge < -0.3 is 20.3 Å². The van der Waals surface area contributed by atoms with Gasteiger partial charge in [0.15, 0.2) is 11.5 Å². The Balaban J connectivity index is 1.96. The first-order valence-corrected chi connectivity index (χ1v) is 8.58. The average molecular weight is 366 g/mol. The lowest BCUT2D eigenvalue weighted by molar-refractivity contribution is 0.371. The van der Waals surface area contributed by atoms with Gasteiger partial charge in [-0.05, 0) is 29.1 Å². The number of nitriles is 1. The standard InChI is InChI=1S/C18H14N4O3S/c1-24-12-7-9(4-5-11(12)23)14-10(8-19)17(20)25-18-15(14)16(21-22-18)13-3-2-6-26-13/h2-7,14,23H,20H2,1H3,(H,21,22)/t14-/m0/s1. The highest BCUT2D eigenvalue weighted by molar-refractivity contribution is 7.13. The maximum atomic E-state index is 9.90. The van der Waals surface area contributed by atoms with Crippen molar-refractivity contribution >= 4 is 11.3 Å². The molecule has 4 rings (SSSR count). The lowest BCUT2D eigenvalue weighted by Crippen LogP contribution is -2.21. The number of nitrogens with two attached hydrogens (primary N) is 1. The lowest BCUT2D eigenvalue weighted by atomic mass is 9.83. The Morgan fingerprint density at radius 3 is 2.96 bits per heavy atom. The third-order valence-electron chi connectivity index (χ3n) is 4.24. The fourth-order valence-corrected chi connectivity index (χ4v) is 3.80. The molecule has 3 aromatic rings. The molecule has 1 aromatic carbocycles. The number of allylic oxidation sites excluding steroid dienone is 1. The van der Waals surface area contributed by atoms with Gasteiger partial charge in [0.2, 0.25) is 11.8 Å². The number of benzene rings is 1. The van der Waals surface area contributed by atoms with E-state index in [9.17, 15) is 10.4 Å². The number of hydrogen-bond donors (Lipinski definition) is 3. The van der Waals surface area contributed by atoms with Crippen molar-refractivity contribution < 1.29 is 14.6 Å². The lowest BCUT2D eigenvalue weighted by Gasteiger charge is -2.24. The Kier molecular flexibility index (Phi) is 3.78. The van der Waals surface area contributed by atoms with Crippen molar-refractivity contribution in [2.75, 3.05) is 7.11 Å². The minimum atomic E-state index is -0.492. The van der Waals surface area contributed by atoms with Crippen LogP contribution in [0.25, 0.3) is 10.6 Å². The number of nitrogens with one attached hydrogen (secondary N) is 1. The molecule has 0 bridgehead atoms. The molecule has 26 heavy (non-hydrogen) atoms. The summed E-state index contributed by atoms with van der Waals surface area (Å²) in [5.74, 6) is 0.189. The van der Waals surface area contributed by atoms with Crippen LogP contribution in [-0.2, 0) is 0 Å². The summed E-state index contributed by atoms with van der Waals surface area (Å²) < 4.78 is 10.8. The minimum absolute atomic E-state index is 0.0151. The fraction of sp³-hybridized carbons (Fsp3) is 0.111. The molecule has 0 saturated heterocycles. The van der Waals surface area contributed by atoms with Crippen LogP contribution in [0.15, 0.2) is 47.2 Å². The van der Waals surface area contributed by atoms with Gasteiger partial charge in [0.05, 0.1) is 29.2 Å². The number of H-pyrrole nitrogens is 1. The van der Waals surface area contributed by atoms with Crippen molar-refractivity contribution in [1.29, 1.82) is 5.26 Å². The third kappa shape index (κ3) is 2.37. The summed E-state index contributed by atoms with van der Waals surface area (Å²) in [6, 6.07) is 11.0. The molecular formula is C18H14N4O3S. The maximum absolute atomic E-state index is 9.90. The number of fused-ring (bicyclic) bond motifs is 1. The van der Waals surface area contributed by atoms with Crippen LogP contribution in [0.5, 0.6) is 17.4 Å². The predicted molar refractivity (Wildman–Crippen MR) is 95.9 cm³/mol. The molecule has 2 aromatic heterocycles. The number of rotatable bonds is 3. The van der Waals surface area contributed by atoms with Gasteiger partial charge in [-0.2, -0.15) is 5.26 Å². The van der Waals surface area contributed by atoms with E-state index in [1.807, 2.05) is 17.5 Å². The molecule has 1 aliphatic heterocycles. The number of thiophene rings is 1. The molecule has 0 aliphatic carbocycles. The van der Waals surface area contributed by atoms with Crippen LogP contribution in [0.4, 0.5) is 0 Å². The van der Waals surface area contributed by atoms with Crippen molar-refractivity contribution in [3.63, 3.8) is 0 Å². The summed E-state index contributed by atoms with van der Waals surface area (Å²) in [5, 5.41) is 28.8. The summed E-state index contributed by atoms with van der Waals surface area (Å²) >= 11 is 1.55. The number of nitrogens with zero attached hydrogens (tertiary/aromatic N) is 2. The number of phenols is 1. The van der Waals surface area contributed by atoms with E-state index in [1.54, 1.807) is 23.5 Å². The largest absolute Gasteiger partial charge is 0.504 e. The second-order valence-electron chi connectivity index (χ2n) is 5.65. The zero-order chi connectivity index (χ0) is 18.3. The van der Waals surface area contributed by atoms with Gasteiger partial charge >= 0.3 is 0 Å². The van der Waals surface area contributed by atoms with Crippen LogP contribution in [0.3, 0.4) is 0 Å². The second kappa shape index (κ2) is 6.13. The third-order valence-corrected chi connectivity index (χ3v) is 5.13. The van der Waals surface area contributed by atoms with Crippen molar-refractivity contribution in [3.05, 3.63) is 58.3 Å². The summed E-state index contributed by atoms with van der Waals surface area (Å²) in [6.07, 6.45) is 0. The van der Waals surface area contributed by atoms with Crippen LogP contribution >= 0.6 is 11.3 Å². The molecule has 0 radical (unpaired) electrons. The molecule has 1 atom stereocenters. The van der Waals surface area contributed by atoms with Crippen LogP contribution in [-0.4, -0.2) is 22.4 Å². The van der Waals surface area contributed by atoms with Gasteiger partial charge in [-0.1, -0.05) is 12.1 Å². The van der Waals surface area contributed by atoms with Crippen molar-refractivity contribution in [3.8, 4) is 34.0 Å². The van der Waals surface area contributed by atoms with Gasteiger partial charge in [0.1, 0.15) is 11.6 Å². The Labute approximate surface area is 152 Å². The molecule has 0 unspecified atom stereocenters. The molecule has 3 heterocycles. The van der Waals surface area contributed by atoms with Crippen LogP contribution in [0.2, 0.25) is 0 Å². The number of ether oxygens (including phenoxy) is 2. The first-order valence-electron chi connectivity index (χ1n) is 7.70. The molecule has 8 heteroatoms. The van der Waals surface area contributed by atoms with Gasteiger partial charge in [-0.15, -0.1) is 16.4 Å². The molecule has 4 N–H and O–H groups in total. The SMILES string of the molecule is COc1cc([C@H]2C(C#N)=C(N)Oc3n[nH]c(-c4cccs4)c32)ccc1O. The van der Waals surface area contributed by atoms with Crippen LogP contribution < -0.4 is 15.2 Å². The summed E-state index contributed by atoms with van der Waals surface area (Å²) in [7, 11) is 1.47. The maximum Gasteiger partial charge on any atom is 0.244 e. The van der Waals surface area contributed by atoms with Crippen molar-refractivity contribution in [2.45, 2.75) is 5.92 Å². The second-order valence-corrected chi connectivity index (χ2v) is 6.60. The molecule has 0 saturated carbocycles. The number of phenolic OH excluding ortho intramolecular Hbond substituents is 1. The van der Waals surface area contributed by atoms with E-state index < -0.39 is 5.92 Å². The van der Waals surface area contributed by atoms with Gasteiger partial charge in [0.25, 0.3) is 0 Å². The quantitative estimate of drug-likeness (QED) is 0.656. The molecular weight excluding hydrogens is 352 g/mol. The fourth-order valence-electron chi connectivity index (χ4n) is 3.06. The van der Waals surface area contributed by atoms with E-state index in [1.165, 1.54) is 13.2 Å². The predicted octanol–water partition coefficient (Wildman–Crippen LogP) is 3.07. The van der Waals surface area contributed by atoms with Crippen LogP contribution in [0, 0.1) is 11.3 Å². The number of hydrogen-bond acceptors (Lipinski definition) is 7. The van der Waals surface area contributed by atoms with Gasteiger partial charge in [-0.3, -0.25) is 5.10 Å². The van der Waals surface area contributed by atoms with E-state index in [0.29, 0.717) is 11.6 Å². The van der Waals surface area contributed by atoms with Crippen LogP contribution in [0.1, 0.15) is 17.0 Å². The van der Waals surface area contributed by atoms with E-state index >= 15 is 0 Å². The van der Waals surface area contributed by atoms with Gasteiger partial charge in [0, 0.05) is 0 Å². The summed E-state index contributed by atoms with van der Waals surface area (Å²) in [4.78, 5) is 0.968. The first kappa shape index (κ1) is 16.1. The van der Waals surface area contributed by atoms with E-state index in [0.717, 1.165) is 21.7 Å². The zero-order valence-corrected chi connectivity index (χ0v) is 14.5. The Morgan fingerprint density at radius 2 is 2.27 bits per heavy atom. The Hall–Kier alpha value is -3.44. The Morgan fingerprint density at radius 1 is 1.42 bits per heavy atom. The highest BCUT2D eigenvalue weighted by Crippen LogP contribution is 2.47. The minimum Gasteiger partial charge on any atom is -0.504 e. The number of aromatic nitrogens is 2. The first-order chi connectivity index (χ1) is 12.6. The molecule has 0 fully saturated rings. The molecule has 1 aliphatic rings. The van der Waals surface area contributed by atoms with Gasteiger partial charge in [-0.25, -0.2) is 0 Å². The van der Waals surface area contributed by atoms with Crippen molar-refractivity contribution in [2.24, 2.45) is 5.73 Å². The smallest absolute Gasteiger partial charge is 0.244 e.